The lowest BCUT2D eigenvalue weighted by molar-refractivity contribution is 0.0696. The van der Waals surface area contributed by atoms with Gasteiger partial charge in [-0.05, 0) is 6.07 Å². The van der Waals surface area contributed by atoms with Crippen molar-refractivity contribution in [1.29, 1.82) is 0 Å². The molecular formula is C7H2Cl3IO3. The Labute approximate surface area is 105 Å². The van der Waals surface area contributed by atoms with E-state index in [0.717, 1.165) is 0 Å². The Bertz CT molecular complexity index is 419. The molecule has 0 heterocycles. The van der Waals surface area contributed by atoms with Gasteiger partial charge in [0.1, 0.15) is 0 Å². The number of rotatable bonds is 2. The molecule has 14 heavy (non-hydrogen) atoms. The Balaban J connectivity index is 3.64. The lowest BCUT2D eigenvalue weighted by atomic mass is 10.2. The molecule has 0 bridgehead atoms. The Morgan fingerprint density at radius 1 is 1.29 bits per heavy atom. The monoisotopic (exact) mass is 366 g/mol. The number of halogens is 4. The molecule has 1 aromatic rings. The average molecular weight is 367 g/mol. The van der Waals surface area contributed by atoms with Crippen molar-refractivity contribution < 1.29 is 13.0 Å². The van der Waals surface area contributed by atoms with Crippen LogP contribution in [0.3, 0.4) is 0 Å². The molecule has 0 saturated carbocycles. The predicted octanol–water partition coefficient (Wildman–Crippen LogP) is 3.83. The summed E-state index contributed by atoms with van der Waals surface area (Å²) in [6, 6.07) is 1.28. The maximum absolute atomic E-state index is 10.8. The molecule has 1 aromatic carbocycles. The van der Waals surface area contributed by atoms with Gasteiger partial charge in [0.25, 0.3) is 0 Å². The Morgan fingerprint density at radius 3 is 2.29 bits per heavy atom. The summed E-state index contributed by atoms with van der Waals surface area (Å²) in [5, 5.41) is 8.78. The number of aromatic carboxylic acids is 1. The maximum Gasteiger partial charge on any atom is 0.338 e. The minimum Gasteiger partial charge on any atom is -0.478 e. The largest absolute Gasteiger partial charge is 0.478 e. The molecule has 0 atom stereocenters. The molecule has 0 radical (unpaired) electrons. The molecule has 0 fully saturated rings. The predicted molar refractivity (Wildman–Crippen MR) is 61.8 cm³/mol. The van der Waals surface area contributed by atoms with Crippen LogP contribution >= 0.6 is 56.0 Å². The van der Waals surface area contributed by atoms with E-state index in [4.69, 9.17) is 39.9 Å². The number of carboxylic acids is 1. The molecule has 1 N–H and O–H groups in total. The number of carbonyl (C=O) groups is 1. The van der Waals surface area contributed by atoms with Gasteiger partial charge in [-0.2, -0.15) is 0 Å². The van der Waals surface area contributed by atoms with Crippen molar-refractivity contribution in [2.45, 2.75) is 0 Å². The fourth-order valence-electron chi connectivity index (χ4n) is 0.836. The normalized spacial score (nSPS) is 10.2. The smallest absolute Gasteiger partial charge is 0.338 e. The van der Waals surface area contributed by atoms with Crippen LogP contribution < -0.4 is 0 Å². The molecular weight excluding hydrogens is 365 g/mol. The second-order valence-corrected chi connectivity index (χ2v) is 4.94. The standard InChI is InChI=1S/C7H2Cl3IO3/c8-2-1-3(9)6(11-14)4(5(2)10)7(12)13/h1H,(H,12,13). The van der Waals surface area contributed by atoms with Gasteiger partial charge in [-0.1, -0.05) is 34.8 Å². The van der Waals surface area contributed by atoms with Crippen molar-refractivity contribution in [2.75, 3.05) is 0 Å². The van der Waals surface area contributed by atoms with Crippen LogP contribution in [0.4, 0.5) is 0 Å². The highest BCUT2D eigenvalue weighted by molar-refractivity contribution is 14.1. The molecule has 0 aliphatic carbocycles. The van der Waals surface area contributed by atoms with E-state index in [1.165, 1.54) is 6.07 Å². The van der Waals surface area contributed by atoms with E-state index in [-0.39, 0.29) is 24.2 Å². The van der Waals surface area contributed by atoms with E-state index < -0.39 is 27.2 Å². The van der Waals surface area contributed by atoms with Crippen LogP contribution in [0.1, 0.15) is 10.4 Å². The zero-order valence-corrected chi connectivity index (χ0v) is 10.8. The molecule has 0 aliphatic rings. The maximum atomic E-state index is 10.8. The third-order valence-electron chi connectivity index (χ3n) is 1.40. The SMILES string of the molecule is O=Ic1c(Cl)cc(Cl)c(Cl)c1C(=O)O. The van der Waals surface area contributed by atoms with Crippen molar-refractivity contribution in [2.24, 2.45) is 0 Å². The van der Waals surface area contributed by atoms with E-state index in [1.807, 2.05) is 0 Å². The Hall–Kier alpha value is 0.0900. The summed E-state index contributed by atoms with van der Waals surface area (Å²) in [5.41, 5.74) is -0.271. The van der Waals surface area contributed by atoms with E-state index >= 15 is 0 Å². The van der Waals surface area contributed by atoms with Gasteiger partial charge in [0.15, 0.2) is 21.2 Å². The Kier molecular flexibility index (Phi) is 4.12. The molecule has 76 valence electrons. The highest BCUT2D eigenvalue weighted by atomic mass is 127. The lowest BCUT2D eigenvalue weighted by Crippen LogP contribution is -2.02. The fraction of sp³-hybridized carbons (Fsp3) is 0. The molecule has 0 saturated heterocycles. The van der Waals surface area contributed by atoms with Crippen LogP contribution in [0.2, 0.25) is 15.1 Å². The summed E-state index contributed by atoms with van der Waals surface area (Å²) < 4.78 is 10.9. The number of carboxylic acid groups (broad SMARTS) is 1. The van der Waals surface area contributed by atoms with Gasteiger partial charge in [0.2, 0.25) is 0 Å². The van der Waals surface area contributed by atoms with Gasteiger partial charge in [-0.25, -0.2) is 4.79 Å². The number of benzene rings is 1. The minimum atomic E-state index is -1.70. The minimum absolute atomic E-state index is 0.0373. The van der Waals surface area contributed by atoms with Gasteiger partial charge >= 0.3 is 5.97 Å². The van der Waals surface area contributed by atoms with E-state index in [1.54, 1.807) is 0 Å². The zero-order chi connectivity index (χ0) is 10.9. The summed E-state index contributed by atoms with van der Waals surface area (Å²) in [6.07, 6.45) is 0. The van der Waals surface area contributed by atoms with Crippen molar-refractivity contribution in [3.8, 4) is 0 Å². The average Bonchev–Trinajstić information content (AvgIpc) is 2.10. The first-order valence-electron chi connectivity index (χ1n) is 3.17. The van der Waals surface area contributed by atoms with Crippen LogP contribution in [-0.4, -0.2) is 11.1 Å². The first kappa shape index (κ1) is 12.2. The molecule has 0 aliphatic heterocycles. The highest BCUT2D eigenvalue weighted by Gasteiger charge is 2.20. The molecule has 0 unspecified atom stereocenters. The first-order chi connectivity index (χ1) is 6.49. The Morgan fingerprint density at radius 2 is 1.86 bits per heavy atom. The van der Waals surface area contributed by atoms with Crippen molar-refractivity contribution in [3.63, 3.8) is 0 Å². The van der Waals surface area contributed by atoms with Crippen LogP contribution in [-0.2, 0) is 3.07 Å². The summed E-state index contributed by atoms with van der Waals surface area (Å²) in [5.74, 6) is -1.29. The van der Waals surface area contributed by atoms with Gasteiger partial charge in [0.05, 0.1) is 24.2 Å². The van der Waals surface area contributed by atoms with Gasteiger partial charge in [-0.3, -0.25) is 3.07 Å². The molecule has 0 spiro atoms. The van der Waals surface area contributed by atoms with E-state index in [0.29, 0.717) is 0 Å². The quantitative estimate of drug-likeness (QED) is 0.638. The fourth-order valence-corrected chi connectivity index (χ4v) is 2.97. The molecule has 3 nitrogen and oxygen atoms in total. The van der Waals surface area contributed by atoms with Crippen LogP contribution in [0.15, 0.2) is 6.07 Å². The zero-order valence-electron chi connectivity index (χ0n) is 6.35. The van der Waals surface area contributed by atoms with Gasteiger partial charge in [0, 0.05) is 0 Å². The molecule has 0 aromatic heterocycles. The third kappa shape index (κ3) is 2.18. The van der Waals surface area contributed by atoms with Crippen LogP contribution in [0, 0.1) is 3.57 Å². The second-order valence-electron chi connectivity index (χ2n) is 2.23. The lowest BCUT2D eigenvalue weighted by Gasteiger charge is -2.05. The topological polar surface area (TPSA) is 54.4 Å². The number of hydrogen-bond acceptors (Lipinski definition) is 2. The summed E-state index contributed by atoms with van der Waals surface area (Å²) in [7, 11) is 0. The van der Waals surface area contributed by atoms with Crippen LogP contribution in [0.25, 0.3) is 0 Å². The molecule has 1 rings (SSSR count). The summed E-state index contributed by atoms with van der Waals surface area (Å²) in [4.78, 5) is 10.8. The second kappa shape index (κ2) is 4.74. The van der Waals surface area contributed by atoms with E-state index in [9.17, 15) is 7.86 Å². The van der Waals surface area contributed by atoms with Crippen molar-refractivity contribution >= 4 is 62.0 Å². The molecule has 0 amide bonds. The first-order valence-corrected chi connectivity index (χ1v) is 6.26. The van der Waals surface area contributed by atoms with E-state index in [2.05, 4.69) is 0 Å². The summed E-state index contributed by atoms with van der Waals surface area (Å²) in [6.45, 7) is 0. The number of hydrogen-bond donors (Lipinski definition) is 1. The van der Waals surface area contributed by atoms with Crippen molar-refractivity contribution in [3.05, 3.63) is 30.3 Å². The summed E-state index contributed by atoms with van der Waals surface area (Å²) >= 11 is 15.2. The van der Waals surface area contributed by atoms with Crippen molar-refractivity contribution in [1.82, 2.24) is 0 Å². The highest BCUT2D eigenvalue weighted by Crippen LogP contribution is 2.36. The third-order valence-corrected chi connectivity index (χ3v) is 4.37. The molecule has 7 heteroatoms. The van der Waals surface area contributed by atoms with Crippen LogP contribution in [0.5, 0.6) is 0 Å². The van der Waals surface area contributed by atoms with Gasteiger partial charge < -0.3 is 5.11 Å². The van der Waals surface area contributed by atoms with Gasteiger partial charge in [-0.15, -0.1) is 0 Å².